The molecule has 1 amide bonds. The van der Waals surface area contributed by atoms with Crippen LogP contribution in [0, 0.1) is 5.92 Å². The lowest BCUT2D eigenvalue weighted by Crippen LogP contribution is -2.38. The molecule has 1 aliphatic heterocycles. The minimum absolute atomic E-state index is 0.0888. The summed E-state index contributed by atoms with van der Waals surface area (Å²) in [7, 11) is 0. The normalized spacial score (nSPS) is 19.6. The highest BCUT2D eigenvalue weighted by atomic mass is 16.5. The summed E-state index contributed by atoms with van der Waals surface area (Å²) in [5, 5.41) is 5.11. The van der Waals surface area contributed by atoms with Crippen LogP contribution in [0.3, 0.4) is 0 Å². The number of carbonyl (C=O) groups is 1. The van der Waals surface area contributed by atoms with E-state index in [-0.39, 0.29) is 11.9 Å². The molecule has 1 aliphatic rings. The molecule has 2 unspecified atom stereocenters. The number of nitrogen functional groups attached to an aromatic ring is 1. The maximum Gasteiger partial charge on any atom is 0.253 e. The fourth-order valence-corrected chi connectivity index (χ4v) is 2.80. The first-order valence-corrected chi connectivity index (χ1v) is 7.32. The second-order valence-electron chi connectivity index (χ2n) is 5.67. The maximum absolute atomic E-state index is 12.4. The molecule has 4 nitrogen and oxygen atoms in total. The van der Waals surface area contributed by atoms with E-state index >= 15 is 0 Å². The third-order valence-corrected chi connectivity index (χ3v) is 4.19. The first-order valence-electron chi connectivity index (χ1n) is 7.32. The highest BCUT2D eigenvalue weighted by Crippen LogP contribution is 2.23. The van der Waals surface area contributed by atoms with E-state index in [9.17, 15) is 4.79 Å². The summed E-state index contributed by atoms with van der Waals surface area (Å²) >= 11 is 0. The van der Waals surface area contributed by atoms with Crippen molar-refractivity contribution in [2.24, 2.45) is 5.92 Å². The minimum Gasteiger partial charge on any atom is -0.398 e. The topological polar surface area (TPSA) is 64.4 Å². The zero-order valence-corrected chi connectivity index (χ0v) is 12.1. The van der Waals surface area contributed by atoms with Crippen LogP contribution in [0.2, 0.25) is 0 Å². The maximum atomic E-state index is 12.4. The predicted octanol–water partition coefficient (Wildman–Crippen LogP) is 2.58. The van der Waals surface area contributed by atoms with Crippen molar-refractivity contribution in [3.8, 4) is 0 Å². The van der Waals surface area contributed by atoms with E-state index < -0.39 is 0 Å². The van der Waals surface area contributed by atoms with Crippen molar-refractivity contribution in [1.29, 1.82) is 0 Å². The fraction of sp³-hybridized carbons (Fsp3) is 0.353. The van der Waals surface area contributed by atoms with E-state index in [4.69, 9.17) is 10.5 Å². The largest absolute Gasteiger partial charge is 0.398 e. The number of hydrogen-bond donors (Lipinski definition) is 2. The molecule has 110 valence electrons. The second-order valence-corrected chi connectivity index (χ2v) is 5.67. The lowest BCUT2D eigenvalue weighted by atomic mass is 9.99. The molecule has 0 saturated carbocycles. The number of hydrogen-bond acceptors (Lipinski definition) is 3. The van der Waals surface area contributed by atoms with Gasteiger partial charge >= 0.3 is 0 Å². The average Bonchev–Trinajstić information content (AvgIpc) is 3.00. The van der Waals surface area contributed by atoms with Gasteiger partial charge in [-0.05, 0) is 36.2 Å². The van der Waals surface area contributed by atoms with Gasteiger partial charge in [0.2, 0.25) is 0 Å². The van der Waals surface area contributed by atoms with Crippen molar-refractivity contribution in [3.05, 3.63) is 42.0 Å². The molecule has 4 heteroatoms. The second kappa shape index (κ2) is 5.74. The van der Waals surface area contributed by atoms with Crippen molar-refractivity contribution >= 4 is 22.4 Å². The van der Waals surface area contributed by atoms with Crippen molar-refractivity contribution in [3.63, 3.8) is 0 Å². The van der Waals surface area contributed by atoms with Crippen molar-refractivity contribution in [1.82, 2.24) is 5.32 Å². The van der Waals surface area contributed by atoms with Crippen LogP contribution in [0.4, 0.5) is 5.69 Å². The molecule has 0 aliphatic carbocycles. The summed E-state index contributed by atoms with van der Waals surface area (Å²) in [4.78, 5) is 12.4. The van der Waals surface area contributed by atoms with Crippen LogP contribution in [-0.2, 0) is 4.74 Å². The summed E-state index contributed by atoms with van der Waals surface area (Å²) < 4.78 is 5.37. The lowest BCUT2D eigenvalue weighted by molar-refractivity contribution is 0.0923. The molecule has 1 saturated heterocycles. The van der Waals surface area contributed by atoms with Crippen LogP contribution in [0.15, 0.2) is 36.4 Å². The Balaban J connectivity index is 1.82. The van der Waals surface area contributed by atoms with E-state index in [2.05, 4.69) is 5.32 Å². The van der Waals surface area contributed by atoms with Crippen LogP contribution in [-0.4, -0.2) is 25.2 Å². The Kier molecular flexibility index (Phi) is 3.80. The number of nitrogens with two attached hydrogens (primary N) is 1. The number of rotatable bonds is 3. The quantitative estimate of drug-likeness (QED) is 0.851. The molecule has 21 heavy (non-hydrogen) atoms. The summed E-state index contributed by atoms with van der Waals surface area (Å²) in [5.41, 5.74) is 7.09. The minimum atomic E-state index is -0.113. The number of amides is 1. The van der Waals surface area contributed by atoms with E-state index in [1.807, 2.05) is 43.3 Å². The Morgan fingerprint density at radius 3 is 2.71 bits per heavy atom. The molecule has 1 fully saturated rings. The van der Waals surface area contributed by atoms with Crippen molar-refractivity contribution in [2.75, 3.05) is 18.9 Å². The standard InChI is InChI=1S/C17H20N2O2/c1-11(14-6-7-21-10-14)19-17(20)15-8-12-4-2-3-5-13(12)9-16(15)18/h2-5,8-9,11,14H,6-7,10,18H2,1H3,(H,19,20). The molecule has 0 bridgehead atoms. The molecule has 3 N–H and O–H groups in total. The Morgan fingerprint density at radius 2 is 2.05 bits per heavy atom. The number of carbonyl (C=O) groups excluding carboxylic acids is 1. The Bertz CT molecular complexity index is 663. The van der Waals surface area contributed by atoms with Gasteiger partial charge in [0, 0.05) is 24.3 Å². The number of ether oxygens (including phenoxy) is 1. The molecule has 0 aromatic heterocycles. The van der Waals surface area contributed by atoms with Gasteiger partial charge in [0.1, 0.15) is 0 Å². The van der Waals surface area contributed by atoms with Crippen molar-refractivity contribution < 1.29 is 9.53 Å². The molecule has 2 aromatic rings. The SMILES string of the molecule is CC(NC(=O)c1cc2ccccc2cc1N)C1CCOC1. The van der Waals surface area contributed by atoms with E-state index in [0.717, 1.165) is 23.8 Å². The summed E-state index contributed by atoms with van der Waals surface area (Å²) in [5.74, 6) is 0.272. The number of nitrogens with one attached hydrogen (secondary N) is 1. The number of fused-ring (bicyclic) bond motifs is 1. The molecular formula is C17H20N2O2. The van der Waals surface area contributed by atoms with Gasteiger partial charge in [0.05, 0.1) is 12.2 Å². The van der Waals surface area contributed by atoms with E-state index in [0.29, 0.717) is 23.8 Å². The van der Waals surface area contributed by atoms with Crippen LogP contribution in [0.1, 0.15) is 23.7 Å². The highest BCUT2D eigenvalue weighted by molar-refractivity contribution is 6.04. The fourth-order valence-electron chi connectivity index (χ4n) is 2.80. The van der Waals surface area contributed by atoms with Gasteiger partial charge in [0.15, 0.2) is 0 Å². The highest BCUT2D eigenvalue weighted by Gasteiger charge is 2.24. The average molecular weight is 284 g/mol. The van der Waals surface area contributed by atoms with E-state index in [1.165, 1.54) is 0 Å². The third-order valence-electron chi connectivity index (χ3n) is 4.19. The zero-order chi connectivity index (χ0) is 14.8. The monoisotopic (exact) mass is 284 g/mol. The van der Waals surface area contributed by atoms with Crippen LogP contribution in [0.25, 0.3) is 10.8 Å². The molecule has 2 aromatic carbocycles. The van der Waals surface area contributed by atoms with Gasteiger partial charge in [-0.2, -0.15) is 0 Å². The van der Waals surface area contributed by atoms with Gasteiger partial charge in [-0.1, -0.05) is 24.3 Å². The van der Waals surface area contributed by atoms with Gasteiger partial charge in [-0.3, -0.25) is 4.79 Å². The Morgan fingerprint density at radius 1 is 1.33 bits per heavy atom. The lowest BCUT2D eigenvalue weighted by Gasteiger charge is -2.20. The summed E-state index contributed by atoms with van der Waals surface area (Å²) in [6.45, 7) is 3.52. The molecule has 1 heterocycles. The molecule has 0 radical (unpaired) electrons. The zero-order valence-electron chi connectivity index (χ0n) is 12.1. The number of anilines is 1. The predicted molar refractivity (Wildman–Crippen MR) is 84.2 cm³/mol. The molecular weight excluding hydrogens is 264 g/mol. The van der Waals surface area contributed by atoms with Crippen LogP contribution < -0.4 is 11.1 Å². The first-order chi connectivity index (χ1) is 10.1. The molecule has 0 spiro atoms. The molecule has 3 rings (SSSR count). The van der Waals surface area contributed by atoms with Gasteiger partial charge < -0.3 is 15.8 Å². The van der Waals surface area contributed by atoms with Gasteiger partial charge in [-0.25, -0.2) is 0 Å². The summed E-state index contributed by atoms with van der Waals surface area (Å²) in [6.07, 6.45) is 0.995. The van der Waals surface area contributed by atoms with Crippen LogP contribution >= 0.6 is 0 Å². The first kappa shape index (κ1) is 13.9. The number of benzene rings is 2. The summed E-state index contributed by atoms with van der Waals surface area (Å²) in [6, 6.07) is 11.7. The van der Waals surface area contributed by atoms with Crippen LogP contribution in [0.5, 0.6) is 0 Å². The van der Waals surface area contributed by atoms with E-state index in [1.54, 1.807) is 0 Å². The van der Waals surface area contributed by atoms with Gasteiger partial charge in [-0.15, -0.1) is 0 Å². The smallest absolute Gasteiger partial charge is 0.253 e. The molecule has 2 atom stereocenters. The Labute approximate surface area is 124 Å². The third kappa shape index (κ3) is 2.85. The van der Waals surface area contributed by atoms with Gasteiger partial charge in [0.25, 0.3) is 5.91 Å². The Hall–Kier alpha value is -2.07. The van der Waals surface area contributed by atoms with Crippen molar-refractivity contribution in [2.45, 2.75) is 19.4 Å².